The van der Waals surface area contributed by atoms with Gasteiger partial charge in [0.2, 0.25) is 0 Å². The van der Waals surface area contributed by atoms with E-state index < -0.39 is 0 Å². The summed E-state index contributed by atoms with van der Waals surface area (Å²) in [4.78, 5) is 11.7. The van der Waals surface area contributed by atoms with Crippen molar-refractivity contribution in [3.8, 4) is 0 Å². The molecule has 0 radical (unpaired) electrons. The fourth-order valence-corrected chi connectivity index (χ4v) is 1.60. The second-order valence-electron chi connectivity index (χ2n) is 3.87. The quantitative estimate of drug-likeness (QED) is 0.728. The highest BCUT2D eigenvalue weighted by molar-refractivity contribution is 4.81. The highest BCUT2D eigenvalue weighted by Crippen LogP contribution is 1.86. The van der Waals surface area contributed by atoms with Crippen molar-refractivity contribution in [1.29, 1.82) is 0 Å². The van der Waals surface area contributed by atoms with Gasteiger partial charge in [0.25, 0.3) is 0 Å². The molecule has 1 aromatic rings. The first-order valence-electron chi connectivity index (χ1n) is 5.67. The van der Waals surface area contributed by atoms with Crippen molar-refractivity contribution in [1.82, 2.24) is 14.5 Å². The molecule has 1 atom stereocenters. The molecule has 0 aliphatic rings. The lowest BCUT2D eigenvalue weighted by molar-refractivity contribution is 0.172. The number of hydrogen-bond donors (Lipinski definition) is 1. The molecular formula is C11H21N3O2. The summed E-state index contributed by atoms with van der Waals surface area (Å²) in [5, 5.41) is 3.29. The molecule has 0 aromatic carbocycles. The molecule has 0 aliphatic carbocycles. The summed E-state index contributed by atoms with van der Waals surface area (Å²) in [6.07, 6.45) is 3.65. The molecule has 0 bridgehead atoms. The van der Waals surface area contributed by atoms with Gasteiger partial charge in [0.05, 0.1) is 6.61 Å². The fraction of sp³-hybridized carbons (Fsp3) is 0.727. The van der Waals surface area contributed by atoms with Gasteiger partial charge in [0, 0.05) is 45.2 Å². The van der Waals surface area contributed by atoms with E-state index in [1.807, 2.05) is 19.3 Å². The monoisotopic (exact) mass is 227 g/mol. The second-order valence-corrected chi connectivity index (χ2v) is 3.87. The van der Waals surface area contributed by atoms with E-state index in [1.54, 1.807) is 16.2 Å². The van der Waals surface area contributed by atoms with Gasteiger partial charge in [-0.15, -0.1) is 0 Å². The maximum absolute atomic E-state index is 11.7. The SMILES string of the molecule is CCn1ccn(CCNC(C)COC)c1=O. The molecule has 1 unspecified atom stereocenters. The third-order valence-electron chi connectivity index (χ3n) is 2.52. The molecule has 1 rings (SSSR count). The minimum absolute atomic E-state index is 0.0590. The van der Waals surface area contributed by atoms with Crippen LogP contribution in [-0.2, 0) is 17.8 Å². The number of nitrogens with zero attached hydrogens (tertiary/aromatic N) is 2. The highest BCUT2D eigenvalue weighted by Gasteiger charge is 2.02. The summed E-state index contributed by atoms with van der Waals surface area (Å²) in [6, 6.07) is 0.314. The van der Waals surface area contributed by atoms with Gasteiger partial charge in [-0.25, -0.2) is 4.79 Å². The molecule has 1 N–H and O–H groups in total. The van der Waals surface area contributed by atoms with Crippen LogP contribution in [0.3, 0.4) is 0 Å². The average Bonchev–Trinajstić information content (AvgIpc) is 2.60. The molecule has 0 fully saturated rings. The van der Waals surface area contributed by atoms with Gasteiger partial charge >= 0.3 is 5.69 Å². The molecule has 1 heterocycles. The number of nitrogens with one attached hydrogen (secondary N) is 1. The van der Waals surface area contributed by atoms with Gasteiger partial charge in [-0.1, -0.05) is 0 Å². The van der Waals surface area contributed by atoms with Crippen LogP contribution in [0.15, 0.2) is 17.2 Å². The maximum atomic E-state index is 11.7. The summed E-state index contributed by atoms with van der Waals surface area (Å²) >= 11 is 0. The molecule has 5 heteroatoms. The number of rotatable bonds is 7. The number of hydrogen-bond acceptors (Lipinski definition) is 3. The number of ether oxygens (including phenoxy) is 1. The van der Waals surface area contributed by atoms with Gasteiger partial charge in [-0.3, -0.25) is 9.13 Å². The molecular weight excluding hydrogens is 206 g/mol. The number of methoxy groups -OCH3 is 1. The average molecular weight is 227 g/mol. The van der Waals surface area contributed by atoms with E-state index in [0.29, 0.717) is 19.2 Å². The van der Waals surface area contributed by atoms with Crippen LogP contribution in [0.4, 0.5) is 0 Å². The zero-order valence-electron chi connectivity index (χ0n) is 10.3. The number of aromatic nitrogens is 2. The molecule has 0 saturated heterocycles. The topological polar surface area (TPSA) is 48.2 Å². The molecule has 1 aromatic heterocycles. The van der Waals surface area contributed by atoms with E-state index in [9.17, 15) is 4.79 Å². The Balaban J connectivity index is 2.37. The Hall–Kier alpha value is -1.07. The summed E-state index contributed by atoms with van der Waals surface area (Å²) in [5.74, 6) is 0. The Bertz CT molecular complexity index is 356. The van der Waals surface area contributed by atoms with E-state index >= 15 is 0 Å². The van der Waals surface area contributed by atoms with E-state index in [2.05, 4.69) is 12.2 Å². The van der Waals surface area contributed by atoms with Crippen LogP contribution >= 0.6 is 0 Å². The van der Waals surface area contributed by atoms with Crippen LogP contribution in [0.2, 0.25) is 0 Å². The van der Waals surface area contributed by atoms with Gasteiger partial charge in [-0.2, -0.15) is 0 Å². The summed E-state index contributed by atoms with van der Waals surface area (Å²) in [6.45, 7) is 6.90. The summed E-state index contributed by atoms with van der Waals surface area (Å²) in [5.41, 5.74) is 0.0590. The van der Waals surface area contributed by atoms with Gasteiger partial charge in [0.1, 0.15) is 0 Å². The first kappa shape index (κ1) is 13.0. The van der Waals surface area contributed by atoms with Crippen LogP contribution in [0.25, 0.3) is 0 Å². The highest BCUT2D eigenvalue weighted by atomic mass is 16.5. The summed E-state index contributed by atoms with van der Waals surface area (Å²) in [7, 11) is 1.68. The van der Waals surface area contributed by atoms with Crippen LogP contribution in [0, 0.1) is 0 Å². The lowest BCUT2D eigenvalue weighted by Crippen LogP contribution is -2.34. The third kappa shape index (κ3) is 3.50. The normalized spacial score (nSPS) is 12.9. The van der Waals surface area contributed by atoms with Gasteiger partial charge < -0.3 is 10.1 Å². The Labute approximate surface area is 96.0 Å². The van der Waals surface area contributed by atoms with Crippen molar-refractivity contribution in [3.05, 3.63) is 22.9 Å². The lowest BCUT2D eigenvalue weighted by Gasteiger charge is -2.12. The zero-order valence-corrected chi connectivity index (χ0v) is 10.3. The van der Waals surface area contributed by atoms with Crippen molar-refractivity contribution < 1.29 is 4.74 Å². The number of aryl methyl sites for hydroxylation is 1. The fourth-order valence-electron chi connectivity index (χ4n) is 1.60. The second kappa shape index (κ2) is 6.50. The smallest absolute Gasteiger partial charge is 0.328 e. The van der Waals surface area contributed by atoms with Gasteiger partial charge in [0.15, 0.2) is 0 Å². The van der Waals surface area contributed by atoms with Crippen molar-refractivity contribution in [3.63, 3.8) is 0 Å². The Morgan fingerprint density at radius 1 is 1.44 bits per heavy atom. The molecule has 16 heavy (non-hydrogen) atoms. The van der Waals surface area contributed by atoms with Crippen LogP contribution in [0.1, 0.15) is 13.8 Å². The standard InChI is InChI=1S/C11H21N3O2/c1-4-13-7-8-14(11(13)15)6-5-12-10(2)9-16-3/h7-8,10,12H,4-6,9H2,1-3H3. The predicted octanol–water partition coefficient (Wildman–Crippen LogP) is 0.294. The van der Waals surface area contributed by atoms with Crippen molar-refractivity contribution in [2.24, 2.45) is 0 Å². The Kier molecular flexibility index (Phi) is 5.28. The molecule has 0 aliphatic heterocycles. The van der Waals surface area contributed by atoms with Crippen LogP contribution < -0.4 is 11.0 Å². The lowest BCUT2D eigenvalue weighted by atomic mass is 10.3. The minimum Gasteiger partial charge on any atom is -0.383 e. The van der Waals surface area contributed by atoms with Crippen molar-refractivity contribution in [2.75, 3.05) is 20.3 Å². The van der Waals surface area contributed by atoms with E-state index in [-0.39, 0.29) is 5.69 Å². The Morgan fingerprint density at radius 3 is 2.69 bits per heavy atom. The Morgan fingerprint density at radius 2 is 2.12 bits per heavy atom. The summed E-state index contributed by atoms with van der Waals surface area (Å²) < 4.78 is 8.43. The molecule has 5 nitrogen and oxygen atoms in total. The number of imidazole rings is 1. The van der Waals surface area contributed by atoms with Crippen molar-refractivity contribution in [2.45, 2.75) is 33.0 Å². The van der Waals surface area contributed by atoms with Crippen LogP contribution in [0.5, 0.6) is 0 Å². The maximum Gasteiger partial charge on any atom is 0.328 e. The predicted molar refractivity (Wildman–Crippen MR) is 63.7 cm³/mol. The third-order valence-corrected chi connectivity index (χ3v) is 2.52. The van der Waals surface area contributed by atoms with Crippen LogP contribution in [-0.4, -0.2) is 35.4 Å². The van der Waals surface area contributed by atoms with E-state index in [0.717, 1.165) is 13.1 Å². The molecule has 0 amide bonds. The van der Waals surface area contributed by atoms with E-state index in [1.165, 1.54) is 0 Å². The first-order chi connectivity index (χ1) is 7.69. The minimum atomic E-state index is 0.0590. The molecule has 0 spiro atoms. The zero-order chi connectivity index (χ0) is 12.0. The largest absolute Gasteiger partial charge is 0.383 e. The first-order valence-corrected chi connectivity index (χ1v) is 5.67. The molecule has 92 valence electrons. The van der Waals surface area contributed by atoms with Crippen molar-refractivity contribution >= 4 is 0 Å². The van der Waals surface area contributed by atoms with Gasteiger partial charge in [-0.05, 0) is 13.8 Å². The molecule has 0 saturated carbocycles. The van der Waals surface area contributed by atoms with E-state index in [4.69, 9.17) is 4.74 Å².